The van der Waals surface area contributed by atoms with Crippen molar-refractivity contribution in [2.75, 3.05) is 37.8 Å². The van der Waals surface area contributed by atoms with Crippen LogP contribution in [-0.2, 0) is 0 Å². The van der Waals surface area contributed by atoms with Crippen LogP contribution < -0.4 is 10.6 Å². The molecule has 106 valence electrons. The van der Waals surface area contributed by atoms with Gasteiger partial charge in [-0.3, -0.25) is 10.1 Å². The highest BCUT2D eigenvalue weighted by Crippen LogP contribution is 2.20. The van der Waals surface area contributed by atoms with Crippen LogP contribution in [0.4, 0.5) is 17.3 Å². The fourth-order valence-corrected chi connectivity index (χ4v) is 1.46. The number of aromatic nitrogens is 1. The van der Waals surface area contributed by atoms with Crippen LogP contribution >= 0.6 is 0 Å². The summed E-state index contributed by atoms with van der Waals surface area (Å²) in [4.78, 5) is 16.8. The summed E-state index contributed by atoms with van der Waals surface area (Å²) in [6.45, 7) is 5.76. The number of hydrogen-bond donors (Lipinski definition) is 2. The fourth-order valence-electron chi connectivity index (χ4n) is 1.46. The molecule has 0 radical (unpaired) electrons. The Bertz CT molecular complexity index is 436. The predicted molar refractivity (Wildman–Crippen MR) is 76.7 cm³/mol. The average Bonchev–Trinajstić information content (AvgIpc) is 2.37. The topological polar surface area (TPSA) is 83.3 Å². The molecule has 0 aliphatic rings. The van der Waals surface area contributed by atoms with Crippen molar-refractivity contribution in [1.82, 2.24) is 9.88 Å². The lowest BCUT2D eigenvalue weighted by Gasteiger charge is -2.21. The lowest BCUT2D eigenvalue weighted by Crippen LogP contribution is -2.31. The molecule has 1 rings (SSSR count). The second-order valence-corrected chi connectivity index (χ2v) is 4.60. The molecule has 0 aliphatic heterocycles. The maximum absolute atomic E-state index is 10.8. The number of rotatable bonds is 7. The van der Waals surface area contributed by atoms with Gasteiger partial charge in [0.15, 0.2) is 0 Å². The van der Waals surface area contributed by atoms with E-state index in [0.29, 0.717) is 24.2 Å². The summed E-state index contributed by atoms with van der Waals surface area (Å²) in [5.41, 5.74) is 0.0269. The van der Waals surface area contributed by atoms with E-state index in [-0.39, 0.29) is 5.69 Å². The van der Waals surface area contributed by atoms with Gasteiger partial charge in [0.05, 0.1) is 17.1 Å². The van der Waals surface area contributed by atoms with Gasteiger partial charge in [-0.1, -0.05) is 0 Å². The first kappa shape index (κ1) is 15.2. The van der Waals surface area contributed by atoms with E-state index in [1.807, 2.05) is 7.05 Å². The monoisotopic (exact) mass is 267 g/mol. The minimum Gasteiger partial charge on any atom is -0.373 e. The molecule has 1 aromatic heterocycles. The Kier molecular flexibility index (Phi) is 5.50. The molecule has 0 amide bonds. The summed E-state index contributed by atoms with van der Waals surface area (Å²) in [5, 5.41) is 16.7. The summed E-state index contributed by atoms with van der Waals surface area (Å²) in [6, 6.07) is 3.31. The molecule has 0 aromatic carbocycles. The Balaban J connectivity index is 2.67. The minimum atomic E-state index is -0.423. The summed E-state index contributed by atoms with van der Waals surface area (Å²) in [5.74, 6) is 0.990. The number of nitrogens with one attached hydrogen (secondary N) is 2. The zero-order valence-corrected chi connectivity index (χ0v) is 11.8. The predicted octanol–water partition coefficient (Wildman–Crippen LogP) is 1.78. The lowest BCUT2D eigenvalue weighted by atomic mass is 10.3. The van der Waals surface area contributed by atoms with Crippen molar-refractivity contribution in [3.63, 3.8) is 0 Å². The lowest BCUT2D eigenvalue weighted by molar-refractivity contribution is -0.384. The molecule has 0 atom stereocenters. The maximum atomic E-state index is 10.8. The first-order valence-electron chi connectivity index (χ1n) is 6.22. The van der Waals surface area contributed by atoms with Gasteiger partial charge in [0.1, 0.15) is 11.6 Å². The number of nitrogens with zero attached hydrogens (tertiary/aromatic N) is 3. The SMILES string of the molecule is CNc1cc([N+](=O)[O-])cc(NCCN(C)C(C)C)n1. The Hall–Kier alpha value is -1.89. The van der Waals surface area contributed by atoms with Gasteiger partial charge >= 0.3 is 0 Å². The normalized spacial score (nSPS) is 10.8. The van der Waals surface area contributed by atoms with E-state index in [2.05, 4.69) is 34.4 Å². The van der Waals surface area contributed by atoms with Crippen LogP contribution in [0.5, 0.6) is 0 Å². The molecule has 0 spiro atoms. The third kappa shape index (κ3) is 4.70. The van der Waals surface area contributed by atoms with Crippen molar-refractivity contribution in [3.05, 3.63) is 22.2 Å². The minimum absolute atomic E-state index is 0.0269. The molecule has 0 unspecified atom stereocenters. The highest BCUT2D eigenvalue weighted by atomic mass is 16.6. The van der Waals surface area contributed by atoms with E-state index < -0.39 is 4.92 Å². The van der Waals surface area contributed by atoms with Crippen LogP contribution in [-0.4, -0.2) is 48.0 Å². The van der Waals surface area contributed by atoms with Crippen molar-refractivity contribution in [1.29, 1.82) is 0 Å². The van der Waals surface area contributed by atoms with E-state index >= 15 is 0 Å². The van der Waals surface area contributed by atoms with Crippen LogP contribution in [0.25, 0.3) is 0 Å². The molecule has 1 heterocycles. The molecule has 7 heteroatoms. The zero-order valence-electron chi connectivity index (χ0n) is 11.8. The van der Waals surface area contributed by atoms with Gasteiger partial charge in [-0.2, -0.15) is 0 Å². The Morgan fingerprint density at radius 1 is 1.42 bits per heavy atom. The van der Waals surface area contributed by atoms with Crippen LogP contribution in [0.15, 0.2) is 12.1 Å². The number of hydrogen-bond acceptors (Lipinski definition) is 6. The van der Waals surface area contributed by atoms with Gasteiger partial charge in [-0.15, -0.1) is 0 Å². The second kappa shape index (κ2) is 6.89. The van der Waals surface area contributed by atoms with Crippen molar-refractivity contribution in [2.45, 2.75) is 19.9 Å². The average molecular weight is 267 g/mol. The van der Waals surface area contributed by atoms with E-state index in [0.717, 1.165) is 6.54 Å². The van der Waals surface area contributed by atoms with Crippen molar-refractivity contribution < 1.29 is 4.92 Å². The number of nitro groups is 1. The summed E-state index contributed by atoms with van der Waals surface area (Å²) in [6.07, 6.45) is 0. The first-order valence-corrected chi connectivity index (χ1v) is 6.22. The van der Waals surface area contributed by atoms with Gasteiger partial charge < -0.3 is 15.5 Å². The molecular formula is C12H21N5O2. The Morgan fingerprint density at radius 2 is 2.05 bits per heavy atom. The molecule has 2 N–H and O–H groups in total. The standard InChI is InChI=1S/C12H21N5O2/c1-9(2)16(4)6-5-14-12-8-10(17(18)19)7-11(13-3)15-12/h7-9H,5-6H2,1-4H3,(H2,13,14,15). The molecule has 0 bridgehead atoms. The number of pyridine rings is 1. The highest BCUT2D eigenvalue weighted by molar-refractivity contribution is 5.54. The maximum Gasteiger partial charge on any atom is 0.276 e. The summed E-state index contributed by atoms with van der Waals surface area (Å²) in [7, 11) is 3.72. The zero-order chi connectivity index (χ0) is 14.4. The Morgan fingerprint density at radius 3 is 2.58 bits per heavy atom. The molecule has 0 aliphatic carbocycles. The van der Waals surface area contributed by atoms with Crippen LogP contribution in [0.1, 0.15) is 13.8 Å². The third-order valence-corrected chi connectivity index (χ3v) is 2.93. The van der Waals surface area contributed by atoms with Gasteiger partial charge in [-0.05, 0) is 20.9 Å². The first-order chi connectivity index (χ1) is 8.93. The van der Waals surface area contributed by atoms with Gasteiger partial charge in [0, 0.05) is 26.2 Å². The van der Waals surface area contributed by atoms with E-state index in [9.17, 15) is 10.1 Å². The molecule has 7 nitrogen and oxygen atoms in total. The Labute approximate surface area is 113 Å². The summed E-state index contributed by atoms with van der Waals surface area (Å²) >= 11 is 0. The van der Waals surface area contributed by atoms with E-state index in [4.69, 9.17) is 0 Å². The second-order valence-electron chi connectivity index (χ2n) is 4.60. The van der Waals surface area contributed by atoms with Crippen LogP contribution in [0, 0.1) is 10.1 Å². The van der Waals surface area contributed by atoms with Crippen molar-refractivity contribution >= 4 is 17.3 Å². The van der Waals surface area contributed by atoms with Crippen LogP contribution in [0.3, 0.4) is 0 Å². The van der Waals surface area contributed by atoms with E-state index in [1.165, 1.54) is 12.1 Å². The van der Waals surface area contributed by atoms with Crippen molar-refractivity contribution in [2.24, 2.45) is 0 Å². The molecule has 0 saturated carbocycles. The molecule has 19 heavy (non-hydrogen) atoms. The fraction of sp³-hybridized carbons (Fsp3) is 0.583. The quantitative estimate of drug-likeness (QED) is 0.579. The molecular weight excluding hydrogens is 246 g/mol. The van der Waals surface area contributed by atoms with Crippen LogP contribution in [0.2, 0.25) is 0 Å². The number of likely N-dealkylation sites (N-methyl/N-ethyl adjacent to an activating group) is 1. The van der Waals surface area contributed by atoms with E-state index in [1.54, 1.807) is 7.05 Å². The van der Waals surface area contributed by atoms with Gasteiger partial charge in [0.25, 0.3) is 5.69 Å². The smallest absolute Gasteiger partial charge is 0.276 e. The number of anilines is 2. The third-order valence-electron chi connectivity index (χ3n) is 2.93. The molecule has 0 saturated heterocycles. The highest BCUT2D eigenvalue weighted by Gasteiger charge is 2.10. The summed E-state index contributed by atoms with van der Waals surface area (Å²) < 4.78 is 0. The largest absolute Gasteiger partial charge is 0.373 e. The van der Waals surface area contributed by atoms with Crippen molar-refractivity contribution in [3.8, 4) is 0 Å². The van der Waals surface area contributed by atoms with Gasteiger partial charge in [-0.25, -0.2) is 4.98 Å². The molecule has 1 aromatic rings. The molecule has 0 fully saturated rings. The van der Waals surface area contributed by atoms with Gasteiger partial charge in [0.2, 0.25) is 0 Å².